The summed E-state index contributed by atoms with van der Waals surface area (Å²) in [7, 11) is 0. The van der Waals surface area contributed by atoms with Crippen LogP contribution < -0.4 is 5.43 Å². The summed E-state index contributed by atoms with van der Waals surface area (Å²) in [6, 6.07) is 13.7. The van der Waals surface area contributed by atoms with Crippen LogP contribution in [0.1, 0.15) is 62.7 Å². The summed E-state index contributed by atoms with van der Waals surface area (Å²) in [6.45, 7) is 0. The van der Waals surface area contributed by atoms with Crippen molar-refractivity contribution in [2.75, 3.05) is 0 Å². The number of nitrogens with one attached hydrogen (secondary N) is 1. The summed E-state index contributed by atoms with van der Waals surface area (Å²) < 4.78 is 5.00. The molecule has 1 amide bonds. The van der Waals surface area contributed by atoms with Gasteiger partial charge in [0.05, 0.1) is 12.3 Å². The second kappa shape index (κ2) is 7.62. The molecule has 4 fully saturated rings. The molecule has 162 valence electrons. The van der Waals surface area contributed by atoms with E-state index in [4.69, 9.17) is 4.42 Å². The summed E-state index contributed by atoms with van der Waals surface area (Å²) in [5.41, 5.74) is 4.56. The van der Waals surface area contributed by atoms with E-state index >= 15 is 0 Å². The van der Waals surface area contributed by atoms with E-state index in [-0.39, 0.29) is 28.4 Å². The number of hydrogen-bond donors (Lipinski definition) is 1. The maximum Gasteiger partial charge on any atom is 0.433 e. The highest BCUT2D eigenvalue weighted by Gasteiger charge is 2.57. The molecule has 6 rings (SSSR count). The second-order valence-electron chi connectivity index (χ2n) is 9.83. The van der Waals surface area contributed by atoms with Gasteiger partial charge in [0.1, 0.15) is 4.92 Å². The second-order valence-corrected chi connectivity index (χ2v) is 9.83. The molecular weight excluding hydrogens is 394 g/mol. The zero-order valence-electron chi connectivity index (χ0n) is 17.5. The van der Waals surface area contributed by atoms with Crippen LogP contribution in [0.15, 0.2) is 52.0 Å². The number of amides is 1. The molecule has 31 heavy (non-hydrogen) atoms. The number of carbonyl (C=O) groups is 1. The molecular formula is C24H27N3O4. The molecule has 4 aliphatic carbocycles. The van der Waals surface area contributed by atoms with Crippen molar-refractivity contribution in [2.45, 2.75) is 56.8 Å². The fourth-order valence-corrected chi connectivity index (χ4v) is 6.99. The average molecular weight is 421 g/mol. The standard InChI is InChI=1S/C24H27N3O4/c28-21(26-25-15-20-6-7-22(31-20)27(29)30)8-9-23-11-17-10-18(12-23)14-24(13-17,16-23)19-4-2-1-3-5-19/h1-7,15,17-18H,8-14,16H2,(H,26,28)/b25-15+/t17-,18+,23?,24?. The smallest absolute Gasteiger partial charge is 0.400 e. The summed E-state index contributed by atoms with van der Waals surface area (Å²) >= 11 is 0. The number of hydrogen-bond acceptors (Lipinski definition) is 5. The predicted octanol–water partition coefficient (Wildman–Crippen LogP) is 4.96. The highest BCUT2D eigenvalue weighted by atomic mass is 16.6. The summed E-state index contributed by atoms with van der Waals surface area (Å²) in [5.74, 6) is 1.32. The number of hydrazone groups is 1. The lowest BCUT2D eigenvalue weighted by Gasteiger charge is -2.62. The molecule has 0 saturated heterocycles. The van der Waals surface area contributed by atoms with E-state index in [1.54, 1.807) is 0 Å². The van der Waals surface area contributed by atoms with Crippen LogP contribution in [0.3, 0.4) is 0 Å². The molecule has 4 atom stereocenters. The molecule has 4 bridgehead atoms. The van der Waals surface area contributed by atoms with Crippen LogP contribution in [0, 0.1) is 27.4 Å². The van der Waals surface area contributed by atoms with E-state index in [9.17, 15) is 14.9 Å². The Morgan fingerprint density at radius 1 is 1.16 bits per heavy atom. The van der Waals surface area contributed by atoms with Crippen LogP contribution in [-0.4, -0.2) is 17.0 Å². The topological polar surface area (TPSA) is 97.7 Å². The minimum absolute atomic E-state index is 0.123. The van der Waals surface area contributed by atoms with E-state index in [0.717, 1.165) is 18.3 Å². The maximum atomic E-state index is 12.4. The van der Waals surface area contributed by atoms with E-state index in [0.29, 0.717) is 6.42 Å². The van der Waals surface area contributed by atoms with E-state index < -0.39 is 4.92 Å². The Bertz CT molecular complexity index is 999. The van der Waals surface area contributed by atoms with Gasteiger partial charge in [0.2, 0.25) is 5.91 Å². The van der Waals surface area contributed by atoms with Crippen molar-refractivity contribution in [3.05, 3.63) is 63.9 Å². The molecule has 1 N–H and O–H groups in total. The Labute approximate surface area is 181 Å². The largest absolute Gasteiger partial charge is 0.433 e. The van der Waals surface area contributed by atoms with Crippen molar-refractivity contribution in [2.24, 2.45) is 22.4 Å². The van der Waals surface area contributed by atoms with Gasteiger partial charge in [0, 0.05) is 6.42 Å². The van der Waals surface area contributed by atoms with Gasteiger partial charge in [-0.2, -0.15) is 5.10 Å². The van der Waals surface area contributed by atoms with Gasteiger partial charge in [0.15, 0.2) is 5.76 Å². The first-order valence-corrected chi connectivity index (χ1v) is 11.1. The third-order valence-electron chi connectivity index (χ3n) is 7.62. The van der Waals surface area contributed by atoms with Crippen LogP contribution in [0.5, 0.6) is 0 Å². The third-order valence-corrected chi connectivity index (χ3v) is 7.62. The van der Waals surface area contributed by atoms with Gasteiger partial charge in [0.25, 0.3) is 0 Å². The molecule has 2 unspecified atom stereocenters. The number of nitro groups is 1. The average Bonchev–Trinajstić information content (AvgIpc) is 3.22. The Morgan fingerprint density at radius 3 is 2.58 bits per heavy atom. The van der Waals surface area contributed by atoms with Gasteiger partial charge < -0.3 is 4.42 Å². The molecule has 0 radical (unpaired) electrons. The monoisotopic (exact) mass is 421 g/mol. The van der Waals surface area contributed by atoms with Gasteiger partial charge in [-0.3, -0.25) is 14.9 Å². The molecule has 7 heteroatoms. The summed E-state index contributed by atoms with van der Waals surface area (Å²) in [4.78, 5) is 22.5. The lowest BCUT2D eigenvalue weighted by Crippen LogP contribution is -2.54. The third kappa shape index (κ3) is 3.89. The van der Waals surface area contributed by atoms with Crippen LogP contribution in [0.25, 0.3) is 0 Å². The first-order valence-electron chi connectivity index (χ1n) is 11.1. The number of benzene rings is 1. The number of nitrogens with zero attached hydrogens (tertiary/aromatic N) is 2. The van der Waals surface area contributed by atoms with Crippen LogP contribution in [0.2, 0.25) is 0 Å². The van der Waals surface area contributed by atoms with Crippen molar-refractivity contribution in [3.63, 3.8) is 0 Å². The van der Waals surface area contributed by atoms with E-state index in [1.807, 2.05) is 0 Å². The minimum atomic E-state index is -0.608. The van der Waals surface area contributed by atoms with Crippen LogP contribution in [0.4, 0.5) is 5.88 Å². The van der Waals surface area contributed by atoms with Crippen molar-refractivity contribution in [3.8, 4) is 0 Å². The predicted molar refractivity (Wildman–Crippen MR) is 116 cm³/mol. The van der Waals surface area contributed by atoms with Gasteiger partial charge in [-0.15, -0.1) is 0 Å². The van der Waals surface area contributed by atoms with Crippen molar-refractivity contribution < 1.29 is 14.1 Å². The number of rotatable bonds is 7. The van der Waals surface area contributed by atoms with E-state index in [1.165, 1.54) is 62.4 Å². The molecule has 2 aromatic rings. The zero-order valence-corrected chi connectivity index (χ0v) is 17.5. The number of furan rings is 1. The zero-order chi connectivity index (χ0) is 21.5. The molecule has 0 aliphatic heterocycles. The van der Waals surface area contributed by atoms with Gasteiger partial charge in [-0.1, -0.05) is 30.3 Å². The lowest BCUT2D eigenvalue weighted by atomic mass is 9.42. The molecule has 1 aromatic heterocycles. The van der Waals surface area contributed by atoms with Gasteiger partial charge >= 0.3 is 5.88 Å². The highest BCUT2D eigenvalue weighted by molar-refractivity contribution is 5.80. The van der Waals surface area contributed by atoms with Crippen molar-refractivity contribution in [1.29, 1.82) is 0 Å². The first kappa shape index (κ1) is 20.0. The maximum absolute atomic E-state index is 12.4. The number of carbonyl (C=O) groups excluding carboxylic acids is 1. The van der Waals surface area contributed by atoms with Crippen LogP contribution in [-0.2, 0) is 10.2 Å². The summed E-state index contributed by atoms with van der Waals surface area (Å²) in [6.07, 6.45) is 10.2. The molecule has 7 nitrogen and oxygen atoms in total. The molecule has 4 saturated carbocycles. The SMILES string of the molecule is O=C(CCC12C[C@H]3C[C@@H](C1)CC(c1ccccc1)(C3)C2)N/N=C/c1ccc([N+](=O)[O-])o1. The quantitative estimate of drug-likeness (QED) is 0.388. The van der Waals surface area contributed by atoms with Crippen LogP contribution >= 0.6 is 0 Å². The normalized spacial score (nSPS) is 31.2. The molecule has 4 aliphatic rings. The van der Waals surface area contributed by atoms with Gasteiger partial charge in [-0.05, 0) is 79.2 Å². The Morgan fingerprint density at radius 2 is 1.90 bits per heavy atom. The Hall–Kier alpha value is -2.96. The molecule has 0 spiro atoms. The molecule has 1 heterocycles. The van der Waals surface area contributed by atoms with Crippen molar-refractivity contribution >= 4 is 18.0 Å². The van der Waals surface area contributed by atoms with Gasteiger partial charge in [-0.25, -0.2) is 5.43 Å². The molecule has 1 aromatic carbocycles. The van der Waals surface area contributed by atoms with E-state index in [2.05, 4.69) is 40.9 Å². The fraction of sp³-hybridized carbons (Fsp3) is 0.500. The minimum Gasteiger partial charge on any atom is -0.400 e. The Kier molecular flexibility index (Phi) is 4.91. The summed E-state index contributed by atoms with van der Waals surface area (Å²) in [5, 5.41) is 14.6. The first-order chi connectivity index (χ1) is 15.0. The van der Waals surface area contributed by atoms with Crippen molar-refractivity contribution in [1.82, 2.24) is 5.43 Å². The fourth-order valence-electron chi connectivity index (χ4n) is 6.99. The highest BCUT2D eigenvalue weighted by Crippen LogP contribution is 2.66. The Balaban J connectivity index is 1.21. The lowest BCUT2D eigenvalue weighted by molar-refractivity contribution is -0.402.